The summed E-state index contributed by atoms with van der Waals surface area (Å²) in [6.07, 6.45) is 0.682. The highest BCUT2D eigenvalue weighted by Crippen LogP contribution is 2.17. The SMILES string of the molecule is COCCOCCOCCCC(=O)C(Cc1ccc(OCC(=O)O)cc1)NC(=O)CCOCCOCCOCCONC(=O)C(Cc1ccc(OCC(=O)O)cc1)NC(=O)CCOCCOCCOCCONC(=O)C(Cc1ccc(OCC(=O)O)cc1)NC(=O)CCOCCOCCOCCOCCN. The summed E-state index contributed by atoms with van der Waals surface area (Å²) in [5.41, 5.74) is 12.0. The molecule has 0 aliphatic rings. The number of nitrogens with two attached hydrogens (primary N) is 1. The fourth-order valence-electron chi connectivity index (χ4n) is 8.77. The first-order chi connectivity index (χ1) is 51.5. The Bertz CT molecular complexity index is 2870. The summed E-state index contributed by atoms with van der Waals surface area (Å²) in [6, 6.07) is 16.3. The van der Waals surface area contributed by atoms with Crippen molar-refractivity contribution in [3.8, 4) is 17.2 Å². The van der Waals surface area contributed by atoms with Crippen molar-refractivity contribution in [1.29, 1.82) is 0 Å². The number of aliphatic carboxylic acids is 3. The molecule has 0 bridgehead atoms. The number of hydrogen-bond donors (Lipinski definition) is 9. The van der Waals surface area contributed by atoms with Crippen molar-refractivity contribution in [3.05, 3.63) is 89.5 Å². The number of carboxylic acid groups (broad SMARTS) is 3. The van der Waals surface area contributed by atoms with E-state index in [-0.39, 0.29) is 169 Å². The Kier molecular flexibility index (Phi) is 53.8. The smallest absolute Gasteiger partial charge is 0.341 e. The number of amides is 5. The molecule has 5 amide bonds. The molecule has 3 aromatic carbocycles. The molecule has 3 unspecified atom stereocenters. The van der Waals surface area contributed by atoms with Crippen molar-refractivity contribution in [2.45, 2.75) is 69.5 Å². The minimum atomic E-state index is -1.16. The predicted molar refractivity (Wildman–Crippen MR) is 373 cm³/mol. The van der Waals surface area contributed by atoms with Crippen LogP contribution in [0.2, 0.25) is 0 Å². The second-order valence-corrected chi connectivity index (χ2v) is 22.5. The number of nitrogens with one attached hydrogen (secondary N) is 5. The standard InChI is InChI=1S/C70H106N6O30/c1-89-25-26-95-32-27-90-20-2-3-62(77)59(47-53-4-10-56(11-5-53)102-50-66(81)82)72-63(78)16-21-91-28-34-97-39-41-100-43-45-105-76-70(88)61(49-55-8-14-58(15-9-55)104-52-68(85)86)74-65(80)18-23-93-30-35-98-40-42-101-44-46-106-75-69(87)60(48-54-6-12-57(13-7-54)103-51-67(83)84)73-64(79)17-22-92-29-33-96-37-38-99-36-31-94-24-19-71/h4-15,59-61H,2-3,16-52,71H2,1H3,(H,72,78)(H,73,79)(H,74,80)(H,75,87)(H,76,88)(H,81,82)(H,83,84)(H,85,86). The van der Waals surface area contributed by atoms with Crippen LogP contribution in [0.5, 0.6) is 17.2 Å². The van der Waals surface area contributed by atoms with Crippen LogP contribution in [0.3, 0.4) is 0 Å². The third kappa shape index (κ3) is 50.4. The number of hydroxylamine groups is 2. The summed E-state index contributed by atoms with van der Waals surface area (Å²) in [5.74, 6) is -5.32. The van der Waals surface area contributed by atoms with E-state index in [0.29, 0.717) is 102 Å². The number of Topliss-reactive ketones (excluding diaryl/α,β-unsaturated/α-hetero) is 1. The zero-order valence-electron chi connectivity index (χ0n) is 60.2. The summed E-state index contributed by atoms with van der Waals surface area (Å²) in [5, 5.41) is 35.0. The average molecular weight is 1510 g/mol. The number of carboxylic acids is 3. The molecule has 10 N–H and O–H groups in total. The zero-order valence-corrected chi connectivity index (χ0v) is 60.2. The molecule has 0 saturated heterocycles. The first kappa shape index (κ1) is 92.1. The maximum absolute atomic E-state index is 13.4. The highest BCUT2D eigenvalue weighted by molar-refractivity contribution is 5.90. The van der Waals surface area contributed by atoms with Crippen LogP contribution < -0.4 is 46.9 Å². The van der Waals surface area contributed by atoms with E-state index in [1.54, 1.807) is 67.8 Å². The Hall–Kier alpha value is -8.15. The van der Waals surface area contributed by atoms with E-state index in [1.807, 2.05) is 0 Å². The lowest BCUT2D eigenvalue weighted by Gasteiger charge is -2.19. The summed E-state index contributed by atoms with van der Waals surface area (Å²) in [6.45, 7) is 4.94. The summed E-state index contributed by atoms with van der Waals surface area (Å²) >= 11 is 0. The number of ketones is 1. The number of rotatable bonds is 71. The molecule has 3 rings (SSSR count). The van der Waals surface area contributed by atoms with Gasteiger partial charge in [0.1, 0.15) is 29.3 Å². The van der Waals surface area contributed by atoms with Crippen molar-refractivity contribution in [3.63, 3.8) is 0 Å². The predicted octanol–water partition coefficient (Wildman–Crippen LogP) is -0.0214. The van der Waals surface area contributed by atoms with Gasteiger partial charge in [0.2, 0.25) is 17.7 Å². The Morgan fingerprint density at radius 2 is 0.594 bits per heavy atom. The summed E-state index contributed by atoms with van der Waals surface area (Å²) in [7, 11) is 1.58. The average Bonchev–Trinajstić information content (AvgIpc) is 0.891. The van der Waals surface area contributed by atoms with Gasteiger partial charge in [0, 0.05) is 58.8 Å². The van der Waals surface area contributed by atoms with Crippen LogP contribution in [-0.2, 0) is 134 Å². The topological polar surface area (TPSA) is 467 Å². The van der Waals surface area contributed by atoms with Gasteiger partial charge in [-0.3, -0.25) is 38.4 Å². The van der Waals surface area contributed by atoms with E-state index in [2.05, 4.69) is 26.9 Å². The molecular weight excluding hydrogens is 1400 g/mol. The monoisotopic (exact) mass is 1510 g/mol. The van der Waals surface area contributed by atoms with E-state index in [4.69, 9.17) is 107 Å². The maximum Gasteiger partial charge on any atom is 0.341 e. The van der Waals surface area contributed by atoms with Gasteiger partial charge in [-0.1, -0.05) is 36.4 Å². The molecule has 0 aromatic heterocycles. The van der Waals surface area contributed by atoms with Crippen LogP contribution in [0.25, 0.3) is 0 Å². The third-order valence-corrected chi connectivity index (χ3v) is 14.0. The fourth-order valence-corrected chi connectivity index (χ4v) is 8.77. The van der Waals surface area contributed by atoms with Crippen molar-refractivity contribution in [1.82, 2.24) is 26.9 Å². The number of methoxy groups -OCH3 is 1. The van der Waals surface area contributed by atoms with E-state index in [1.165, 1.54) is 12.1 Å². The van der Waals surface area contributed by atoms with E-state index < -0.39 is 85.4 Å². The maximum atomic E-state index is 13.4. The molecule has 36 nitrogen and oxygen atoms in total. The van der Waals surface area contributed by atoms with Gasteiger partial charge >= 0.3 is 17.9 Å². The lowest BCUT2D eigenvalue weighted by molar-refractivity contribution is -0.140. The van der Waals surface area contributed by atoms with Crippen LogP contribution in [-0.4, -0.2) is 299 Å². The third-order valence-electron chi connectivity index (χ3n) is 14.0. The van der Waals surface area contributed by atoms with Crippen LogP contribution in [0.4, 0.5) is 0 Å². The molecule has 106 heavy (non-hydrogen) atoms. The molecule has 0 spiro atoms. The van der Waals surface area contributed by atoms with E-state index in [0.717, 1.165) is 5.56 Å². The highest BCUT2D eigenvalue weighted by Gasteiger charge is 2.25. The molecule has 596 valence electrons. The van der Waals surface area contributed by atoms with Crippen molar-refractivity contribution in [2.24, 2.45) is 5.73 Å². The Balaban J connectivity index is 1.31. The molecular formula is C70H106N6O30. The van der Waals surface area contributed by atoms with Crippen LogP contribution >= 0.6 is 0 Å². The molecule has 0 aliphatic carbocycles. The van der Waals surface area contributed by atoms with Gasteiger partial charge in [-0.25, -0.2) is 25.3 Å². The summed E-state index contributed by atoms with van der Waals surface area (Å²) in [4.78, 5) is 122. The van der Waals surface area contributed by atoms with Gasteiger partial charge in [0.25, 0.3) is 11.8 Å². The van der Waals surface area contributed by atoms with Gasteiger partial charge in [0.05, 0.1) is 178 Å². The van der Waals surface area contributed by atoms with Crippen molar-refractivity contribution >= 4 is 53.2 Å². The molecule has 0 aliphatic heterocycles. The zero-order chi connectivity index (χ0) is 76.7. The van der Waals surface area contributed by atoms with Crippen molar-refractivity contribution in [2.75, 3.05) is 212 Å². The largest absolute Gasteiger partial charge is 0.482 e. The quantitative estimate of drug-likeness (QED) is 0.0265. The molecule has 0 radical (unpaired) electrons. The normalized spacial score (nSPS) is 12.0. The van der Waals surface area contributed by atoms with Crippen molar-refractivity contribution < 1.29 is 144 Å². The fraction of sp³-hybridized carbons (Fsp3) is 0.614. The van der Waals surface area contributed by atoms with E-state index in [9.17, 15) is 43.2 Å². The Labute approximate surface area is 615 Å². The number of carbonyl (C=O) groups is 9. The number of hydrogen-bond acceptors (Lipinski definition) is 28. The van der Waals surface area contributed by atoms with Gasteiger partial charge < -0.3 is 113 Å². The minimum absolute atomic E-state index is 0.00749. The molecule has 3 atom stereocenters. The number of carbonyl (C=O) groups excluding carboxylic acids is 6. The molecule has 0 fully saturated rings. The second kappa shape index (κ2) is 61.9. The number of benzene rings is 3. The van der Waals surface area contributed by atoms with Gasteiger partial charge in [-0.05, 0) is 65.9 Å². The van der Waals surface area contributed by atoms with Gasteiger partial charge in [-0.15, -0.1) is 0 Å². The van der Waals surface area contributed by atoms with E-state index >= 15 is 0 Å². The van der Waals surface area contributed by atoms with Gasteiger partial charge in [0.15, 0.2) is 25.6 Å². The van der Waals surface area contributed by atoms with Crippen LogP contribution in [0, 0.1) is 0 Å². The lowest BCUT2D eigenvalue weighted by Crippen LogP contribution is -2.48. The Morgan fingerprint density at radius 3 is 0.896 bits per heavy atom. The second-order valence-electron chi connectivity index (χ2n) is 22.5. The molecule has 0 heterocycles. The minimum Gasteiger partial charge on any atom is -0.482 e. The highest BCUT2D eigenvalue weighted by atomic mass is 16.7. The Morgan fingerprint density at radius 1 is 0.330 bits per heavy atom. The summed E-state index contributed by atoms with van der Waals surface area (Å²) < 4.78 is 86.4. The molecule has 36 heteroatoms. The van der Waals surface area contributed by atoms with Gasteiger partial charge in [-0.2, -0.15) is 0 Å². The first-order valence-corrected chi connectivity index (χ1v) is 34.7. The first-order valence-electron chi connectivity index (χ1n) is 34.7. The molecule has 0 saturated carbocycles. The molecule has 3 aromatic rings. The lowest BCUT2D eigenvalue weighted by atomic mass is 9.99. The number of ether oxygens (including phenoxy) is 16. The van der Waals surface area contributed by atoms with Crippen LogP contribution in [0.15, 0.2) is 72.8 Å². The van der Waals surface area contributed by atoms with Crippen LogP contribution in [0.1, 0.15) is 48.8 Å².